The second kappa shape index (κ2) is 22.7. The quantitative estimate of drug-likeness (QED) is 0.143. The Balaban J connectivity index is 0. The van der Waals surface area contributed by atoms with Gasteiger partial charge in [0.15, 0.2) is 0 Å². The summed E-state index contributed by atoms with van der Waals surface area (Å²) >= 11 is 0. The van der Waals surface area contributed by atoms with E-state index in [2.05, 4.69) is 27.0 Å². The van der Waals surface area contributed by atoms with Gasteiger partial charge in [-0.1, -0.05) is 97.6 Å². The van der Waals surface area contributed by atoms with Gasteiger partial charge in [-0.05, 0) is 26.7 Å². The Morgan fingerprint density at radius 3 is 1.10 bits per heavy atom. The molecule has 0 aromatic rings. The van der Waals surface area contributed by atoms with Gasteiger partial charge in [0.25, 0.3) is 0 Å². The number of carbonyl (C=O) groups is 2. The standard InChI is InChI=1S/C13H24O2.C12H22O2/c1-4-5-6-7-8-9-10-11-15-13(14)12(2)3;1-4-5-6-7-8-9-10-14-12(13)11(2)3/h2,4-11H2,1,3H3;2,4-10H2,1,3H3. The molecule has 0 rings (SSSR count). The second-order valence-electron chi connectivity index (χ2n) is 7.72. The third-order valence-corrected chi connectivity index (χ3v) is 4.41. The van der Waals surface area contributed by atoms with Gasteiger partial charge < -0.3 is 9.47 Å². The lowest BCUT2D eigenvalue weighted by Crippen LogP contribution is -2.05. The number of unbranched alkanes of at least 4 members (excludes halogenated alkanes) is 11. The van der Waals surface area contributed by atoms with Crippen LogP contribution in [0.1, 0.15) is 111 Å². The number of ether oxygens (including phenoxy) is 2. The molecule has 0 amide bonds. The third kappa shape index (κ3) is 24.4. The van der Waals surface area contributed by atoms with Crippen LogP contribution < -0.4 is 0 Å². The molecule has 4 heteroatoms. The van der Waals surface area contributed by atoms with Crippen molar-refractivity contribution >= 4 is 11.9 Å². The fourth-order valence-corrected chi connectivity index (χ4v) is 2.52. The maximum absolute atomic E-state index is 11.0. The predicted molar refractivity (Wildman–Crippen MR) is 123 cm³/mol. The molecule has 0 bridgehead atoms. The Bertz CT molecular complexity index is 440. The molecule has 0 atom stereocenters. The minimum absolute atomic E-state index is 0.263. The van der Waals surface area contributed by atoms with E-state index in [1.54, 1.807) is 13.8 Å². The zero-order chi connectivity index (χ0) is 22.3. The van der Waals surface area contributed by atoms with Crippen molar-refractivity contribution in [1.82, 2.24) is 0 Å². The summed E-state index contributed by atoms with van der Waals surface area (Å²) in [5, 5.41) is 0. The molecule has 0 saturated carbocycles. The van der Waals surface area contributed by atoms with Crippen LogP contribution in [0.25, 0.3) is 0 Å². The van der Waals surface area contributed by atoms with E-state index in [9.17, 15) is 9.59 Å². The maximum atomic E-state index is 11.0. The van der Waals surface area contributed by atoms with E-state index in [4.69, 9.17) is 9.47 Å². The van der Waals surface area contributed by atoms with Gasteiger partial charge in [-0.25, -0.2) is 9.59 Å². The van der Waals surface area contributed by atoms with Gasteiger partial charge in [-0.2, -0.15) is 0 Å². The number of esters is 2. The van der Waals surface area contributed by atoms with Gasteiger partial charge in [0, 0.05) is 11.1 Å². The molecule has 0 unspecified atom stereocenters. The Morgan fingerprint density at radius 2 is 0.828 bits per heavy atom. The van der Waals surface area contributed by atoms with Crippen LogP contribution in [-0.2, 0) is 19.1 Å². The van der Waals surface area contributed by atoms with Crippen molar-refractivity contribution in [2.24, 2.45) is 0 Å². The van der Waals surface area contributed by atoms with Crippen molar-refractivity contribution < 1.29 is 19.1 Å². The number of carbonyl (C=O) groups excluding carboxylic acids is 2. The van der Waals surface area contributed by atoms with Gasteiger partial charge in [0.1, 0.15) is 0 Å². The first-order chi connectivity index (χ1) is 13.9. The van der Waals surface area contributed by atoms with Gasteiger partial charge in [0.2, 0.25) is 0 Å². The summed E-state index contributed by atoms with van der Waals surface area (Å²) < 4.78 is 9.96. The molecule has 0 aliphatic rings. The minimum Gasteiger partial charge on any atom is -0.462 e. The van der Waals surface area contributed by atoms with Crippen molar-refractivity contribution in [3.8, 4) is 0 Å². The molecule has 0 aromatic carbocycles. The summed E-state index contributed by atoms with van der Waals surface area (Å²) in [6.07, 6.45) is 15.9. The highest BCUT2D eigenvalue weighted by molar-refractivity contribution is 5.87. The van der Waals surface area contributed by atoms with E-state index in [-0.39, 0.29) is 11.9 Å². The van der Waals surface area contributed by atoms with Crippen LogP contribution in [0.2, 0.25) is 0 Å². The summed E-state index contributed by atoms with van der Waals surface area (Å²) in [4.78, 5) is 22.0. The first kappa shape index (κ1) is 29.6. The Hall–Kier alpha value is -1.58. The van der Waals surface area contributed by atoms with Gasteiger partial charge >= 0.3 is 11.9 Å². The lowest BCUT2D eigenvalue weighted by atomic mass is 10.1. The Labute approximate surface area is 180 Å². The first-order valence-electron chi connectivity index (χ1n) is 11.5. The van der Waals surface area contributed by atoms with Crippen molar-refractivity contribution in [3.63, 3.8) is 0 Å². The summed E-state index contributed by atoms with van der Waals surface area (Å²) in [6.45, 7) is 15.9. The van der Waals surface area contributed by atoms with Gasteiger partial charge in [-0.15, -0.1) is 0 Å². The Morgan fingerprint density at radius 1 is 0.552 bits per heavy atom. The molecule has 170 valence electrons. The van der Waals surface area contributed by atoms with E-state index in [1.165, 1.54) is 57.8 Å². The average molecular weight is 411 g/mol. The largest absolute Gasteiger partial charge is 0.462 e. The summed E-state index contributed by atoms with van der Waals surface area (Å²) in [6, 6.07) is 0. The lowest BCUT2D eigenvalue weighted by Gasteiger charge is -2.04. The van der Waals surface area contributed by atoms with Crippen LogP contribution in [0.5, 0.6) is 0 Å². The van der Waals surface area contributed by atoms with Crippen molar-refractivity contribution in [2.75, 3.05) is 13.2 Å². The molecule has 0 fully saturated rings. The summed E-state index contributed by atoms with van der Waals surface area (Å²) in [7, 11) is 0. The molecule has 0 N–H and O–H groups in total. The monoisotopic (exact) mass is 410 g/mol. The summed E-state index contributed by atoms with van der Waals surface area (Å²) in [5.41, 5.74) is 0.967. The van der Waals surface area contributed by atoms with Crippen LogP contribution in [0.15, 0.2) is 24.3 Å². The number of hydrogen-bond donors (Lipinski definition) is 0. The second-order valence-corrected chi connectivity index (χ2v) is 7.72. The molecule has 0 spiro atoms. The fourth-order valence-electron chi connectivity index (χ4n) is 2.52. The Kier molecular flexibility index (Phi) is 23.2. The van der Waals surface area contributed by atoms with Crippen molar-refractivity contribution in [2.45, 2.75) is 111 Å². The average Bonchev–Trinajstić information content (AvgIpc) is 2.69. The zero-order valence-electron chi connectivity index (χ0n) is 19.7. The summed E-state index contributed by atoms with van der Waals surface area (Å²) in [5.74, 6) is -0.528. The maximum Gasteiger partial charge on any atom is 0.333 e. The molecule has 0 saturated heterocycles. The molecule has 29 heavy (non-hydrogen) atoms. The van der Waals surface area contributed by atoms with E-state index in [1.807, 2.05) is 0 Å². The molecule has 4 nitrogen and oxygen atoms in total. The highest BCUT2D eigenvalue weighted by atomic mass is 16.5. The van der Waals surface area contributed by atoms with Crippen LogP contribution in [0.4, 0.5) is 0 Å². The van der Waals surface area contributed by atoms with Gasteiger partial charge in [0.05, 0.1) is 13.2 Å². The van der Waals surface area contributed by atoms with E-state index >= 15 is 0 Å². The minimum atomic E-state index is -0.265. The van der Waals surface area contributed by atoms with Crippen LogP contribution in [-0.4, -0.2) is 25.2 Å². The molecule has 0 aliphatic heterocycles. The van der Waals surface area contributed by atoms with Crippen LogP contribution in [0, 0.1) is 0 Å². The van der Waals surface area contributed by atoms with E-state index in [0.29, 0.717) is 24.4 Å². The number of hydrogen-bond acceptors (Lipinski definition) is 4. The van der Waals surface area contributed by atoms with E-state index < -0.39 is 0 Å². The molecular formula is C25H46O4. The highest BCUT2D eigenvalue weighted by Gasteiger charge is 2.02. The molecule has 0 heterocycles. The highest BCUT2D eigenvalue weighted by Crippen LogP contribution is 2.07. The van der Waals surface area contributed by atoms with Gasteiger partial charge in [-0.3, -0.25) is 0 Å². The van der Waals surface area contributed by atoms with Crippen LogP contribution in [0.3, 0.4) is 0 Å². The topological polar surface area (TPSA) is 52.6 Å². The predicted octanol–water partition coefficient (Wildman–Crippen LogP) is 7.32. The number of rotatable bonds is 17. The van der Waals surface area contributed by atoms with Crippen molar-refractivity contribution in [1.29, 1.82) is 0 Å². The third-order valence-electron chi connectivity index (χ3n) is 4.41. The molecule has 0 aliphatic carbocycles. The fraction of sp³-hybridized carbons (Fsp3) is 0.760. The van der Waals surface area contributed by atoms with E-state index in [0.717, 1.165) is 25.7 Å². The molecular weight excluding hydrogens is 364 g/mol. The lowest BCUT2D eigenvalue weighted by molar-refractivity contribution is -0.139. The first-order valence-corrected chi connectivity index (χ1v) is 11.5. The normalized spacial score (nSPS) is 9.93. The van der Waals surface area contributed by atoms with Crippen molar-refractivity contribution in [3.05, 3.63) is 24.3 Å². The SMILES string of the molecule is C=C(C)C(=O)OCCCCCCCC.C=C(C)C(=O)OCCCCCCCCC. The van der Waals surface area contributed by atoms with Crippen LogP contribution >= 0.6 is 0 Å². The molecule has 0 radical (unpaired) electrons. The molecule has 0 aromatic heterocycles. The zero-order valence-corrected chi connectivity index (χ0v) is 19.7. The smallest absolute Gasteiger partial charge is 0.333 e.